The van der Waals surface area contributed by atoms with Crippen LogP contribution in [0.15, 0.2) is 0 Å². The number of fused-ring (bicyclic) bond motifs is 1. The number of rotatable bonds is 4. The van der Waals surface area contributed by atoms with E-state index in [1.165, 1.54) is 58.0 Å². The molecule has 0 bridgehead atoms. The Bertz CT molecular complexity index is 283. The fourth-order valence-electron chi connectivity index (χ4n) is 4.79. The summed E-state index contributed by atoms with van der Waals surface area (Å²) in [4.78, 5) is 2.83. The van der Waals surface area contributed by atoms with Gasteiger partial charge >= 0.3 is 0 Å². The Labute approximate surface area is 118 Å². The van der Waals surface area contributed by atoms with Crippen molar-refractivity contribution in [3.8, 4) is 0 Å². The van der Waals surface area contributed by atoms with Crippen LogP contribution in [0.5, 0.6) is 0 Å². The van der Waals surface area contributed by atoms with E-state index in [2.05, 4.69) is 17.3 Å². The van der Waals surface area contributed by atoms with Crippen molar-refractivity contribution in [2.24, 2.45) is 11.3 Å². The van der Waals surface area contributed by atoms with Gasteiger partial charge in [-0.25, -0.2) is 0 Å². The summed E-state index contributed by atoms with van der Waals surface area (Å²) in [5, 5.41) is 3.42. The van der Waals surface area contributed by atoms with E-state index in [0.717, 1.165) is 31.7 Å². The van der Waals surface area contributed by atoms with Gasteiger partial charge in [-0.2, -0.15) is 0 Å². The van der Waals surface area contributed by atoms with Crippen molar-refractivity contribution in [2.75, 3.05) is 39.9 Å². The van der Waals surface area contributed by atoms with Crippen LogP contribution in [0.25, 0.3) is 0 Å². The predicted molar refractivity (Wildman–Crippen MR) is 78.3 cm³/mol. The van der Waals surface area contributed by atoms with Crippen molar-refractivity contribution in [2.45, 2.75) is 51.0 Å². The number of ether oxygens (including phenoxy) is 1. The van der Waals surface area contributed by atoms with Crippen molar-refractivity contribution in [1.82, 2.24) is 10.2 Å². The average molecular weight is 266 g/mol. The highest BCUT2D eigenvalue weighted by molar-refractivity contribution is 4.94. The molecule has 3 heteroatoms. The van der Waals surface area contributed by atoms with E-state index in [9.17, 15) is 0 Å². The fraction of sp³-hybridized carbons (Fsp3) is 1.00. The number of nitrogens with one attached hydrogen (secondary N) is 1. The molecule has 3 rings (SSSR count). The molecule has 1 aliphatic carbocycles. The van der Waals surface area contributed by atoms with E-state index in [-0.39, 0.29) is 0 Å². The molecule has 2 saturated heterocycles. The van der Waals surface area contributed by atoms with Crippen molar-refractivity contribution in [3.05, 3.63) is 0 Å². The van der Waals surface area contributed by atoms with Gasteiger partial charge in [-0.05, 0) is 58.0 Å². The molecule has 0 amide bonds. The molecule has 0 aromatic carbocycles. The van der Waals surface area contributed by atoms with Crippen LogP contribution in [0, 0.1) is 11.3 Å². The quantitative estimate of drug-likeness (QED) is 0.845. The first-order valence-corrected chi connectivity index (χ1v) is 8.29. The molecule has 2 heterocycles. The molecule has 1 N–H and O–H groups in total. The van der Waals surface area contributed by atoms with Gasteiger partial charge < -0.3 is 10.1 Å². The van der Waals surface area contributed by atoms with Gasteiger partial charge in [0.05, 0.1) is 6.61 Å². The molecule has 0 aromatic heterocycles. The molecule has 0 aromatic rings. The van der Waals surface area contributed by atoms with Crippen LogP contribution in [0.2, 0.25) is 0 Å². The minimum atomic E-state index is 0.373. The van der Waals surface area contributed by atoms with Gasteiger partial charge in [-0.15, -0.1) is 0 Å². The van der Waals surface area contributed by atoms with Crippen LogP contribution in [0.4, 0.5) is 0 Å². The summed E-state index contributed by atoms with van der Waals surface area (Å²) < 4.78 is 5.82. The molecule has 2 aliphatic heterocycles. The monoisotopic (exact) mass is 266 g/mol. The van der Waals surface area contributed by atoms with Crippen LogP contribution in [0.3, 0.4) is 0 Å². The summed E-state index contributed by atoms with van der Waals surface area (Å²) in [5.41, 5.74) is 0.373. The second-order valence-electron chi connectivity index (χ2n) is 7.06. The predicted octanol–water partition coefficient (Wildman–Crippen LogP) is 2.27. The molecule has 3 nitrogen and oxygen atoms in total. The fourth-order valence-corrected chi connectivity index (χ4v) is 4.79. The highest BCUT2D eigenvalue weighted by Crippen LogP contribution is 2.39. The first-order chi connectivity index (χ1) is 9.33. The van der Waals surface area contributed by atoms with Crippen molar-refractivity contribution < 1.29 is 4.74 Å². The Balaban J connectivity index is 1.66. The molecule has 110 valence electrons. The largest absolute Gasteiger partial charge is 0.381 e. The van der Waals surface area contributed by atoms with Crippen LogP contribution >= 0.6 is 0 Å². The van der Waals surface area contributed by atoms with E-state index in [1.807, 2.05) is 0 Å². The van der Waals surface area contributed by atoms with E-state index < -0.39 is 0 Å². The molecule has 0 spiro atoms. The van der Waals surface area contributed by atoms with Crippen molar-refractivity contribution in [1.29, 1.82) is 0 Å². The van der Waals surface area contributed by atoms with E-state index >= 15 is 0 Å². The summed E-state index contributed by atoms with van der Waals surface area (Å²) in [6, 6.07) is 0.893. The average Bonchev–Trinajstić information content (AvgIpc) is 2.89. The molecule has 19 heavy (non-hydrogen) atoms. The molecule has 3 unspecified atom stereocenters. The highest BCUT2D eigenvalue weighted by atomic mass is 16.5. The van der Waals surface area contributed by atoms with Gasteiger partial charge in [-0.3, -0.25) is 4.90 Å². The molecular formula is C16H30N2O. The highest BCUT2D eigenvalue weighted by Gasteiger charge is 2.40. The molecule has 1 saturated carbocycles. The third-order valence-corrected chi connectivity index (χ3v) is 5.60. The normalized spacial score (nSPS) is 40.3. The molecule has 3 atom stereocenters. The Morgan fingerprint density at radius 3 is 2.89 bits per heavy atom. The van der Waals surface area contributed by atoms with Gasteiger partial charge in [0.15, 0.2) is 0 Å². The smallest absolute Gasteiger partial charge is 0.0546 e. The van der Waals surface area contributed by atoms with Crippen LogP contribution in [-0.2, 0) is 4.74 Å². The standard InChI is InChI=1S/C16H30N2O/c1-17-11-16(8-4-10-19-13-16)12-18-9-3-6-14-5-2-7-15(14)18/h14-15,17H,2-13H2,1H3. The lowest BCUT2D eigenvalue weighted by Gasteiger charge is -2.46. The first kappa shape index (κ1) is 13.8. The maximum Gasteiger partial charge on any atom is 0.0546 e. The second-order valence-corrected chi connectivity index (χ2v) is 7.06. The second kappa shape index (κ2) is 6.11. The summed E-state index contributed by atoms with van der Waals surface area (Å²) in [7, 11) is 2.09. The number of hydrogen-bond donors (Lipinski definition) is 1. The number of piperidine rings is 1. The van der Waals surface area contributed by atoms with Gasteiger partial charge in [0.2, 0.25) is 0 Å². The Morgan fingerprint density at radius 2 is 2.11 bits per heavy atom. The summed E-state index contributed by atoms with van der Waals surface area (Å²) in [5.74, 6) is 1.00. The zero-order chi connectivity index (χ0) is 13.1. The Kier molecular flexibility index (Phi) is 4.45. The third-order valence-electron chi connectivity index (χ3n) is 5.60. The van der Waals surface area contributed by atoms with Crippen LogP contribution < -0.4 is 5.32 Å². The van der Waals surface area contributed by atoms with E-state index in [0.29, 0.717) is 5.41 Å². The number of hydrogen-bond acceptors (Lipinski definition) is 3. The third kappa shape index (κ3) is 2.98. The summed E-state index contributed by atoms with van der Waals surface area (Å²) in [6.07, 6.45) is 9.86. The van der Waals surface area contributed by atoms with Crippen molar-refractivity contribution >= 4 is 0 Å². The van der Waals surface area contributed by atoms with Crippen molar-refractivity contribution in [3.63, 3.8) is 0 Å². The molecule has 3 fully saturated rings. The molecular weight excluding hydrogens is 236 g/mol. The lowest BCUT2D eigenvalue weighted by Crippen LogP contribution is -2.53. The molecule has 3 aliphatic rings. The van der Waals surface area contributed by atoms with Crippen LogP contribution in [-0.4, -0.2) is 50.8 Å². The van der Waals surface area contributed by atoms with Crippen LogP contribution in [0.1, 0.15) is 44.9 Å². The van der Waals surface area contributed by atoms with Gasteiger partial charge in [0, 0.05) is 31.2 Å². The zero-order valence-electron chi connectivity index (χ0n) is 12.5. The minimum absolute atomic E-state index is 0.373. The minimum Gasteiger partial charge on any atom is -0.381 e. The first-order valence-electron chi connectivity index (χ1n) is 8.29. The van der Waals surface area contributed by atoms with Gasteiger partial charge in [-0.1, -0.05) is 6.42 Å². The maximum absolute atomic E-state index is 5.82. The number of nitrogens with zero attached hydrogens (tertiary/aromatic N) is 1. The Hall–Kier alpha value is -0.120. The SMILES string of the molecule is CNCC1(CN2CCCC3CCCC32)CCCOC1. The summed E-state index contributed by atoms with van der Waals surface area (Å²) >= 11 is 0. The number of likely N-dealkylation sites (tertiary alicyclic amines) is 1. The zero-order valence-corrected chi connectivity index (χ0v) is 12.5. The Morgan fingerprint density at radius 1 is 1.21 bits per heavy atom. The van der Waals surface area contributed by atoms with E-state index in [1.54, 1.807) is 0 Å². The topological polar surface area (TPSA) is 24.5 Å². The lowest BCUT2D eigenvalue weighted by molar-refractivity contribution is -0.0408. The summed E-state index contributed by atoms with van der Waals surface area (Å²) in [6.45, 7) is 5.63. The van der Waals surface area contributed by atoms with E-state index in [4.69, 9.17) is 4.74 Å². The maximum atomic E-state index is 5.82. The van der Waals surface area contributed by atoms with Gasteiger partial charge in [0.1, 0.15) is 0 Å². The lowest BCUT2D eigenvalue weighted by atomic mass is 9.80. The van der Waals surface area contributed by atoms with Gasteiger partial charge in [0.25, 0.3) is 0 Å². The molecule has 0 radical (unpaired) electrons.